The number of hydrogen-bond donors (Lipinski definition) is 0. The van der Waals surface area contributed by atoms with E-state index >= 15 is 0 Å². The van der Waals surface area contributed by atoms with Crippen molar-refractivity contribution in [3.63, 3.8) is 0 Å². The maximum Gasteiger partial charge on any atom is 0.284 e. The molecule has 0 saturated carbocycles. The number of hydrogen-bond acceptors (Lipinski definition) is 5. The van der Waals surface area contributed by atoms with E-state index in [2.05, 4.69) is 0 Å². The van der Waals surface area contributed by atoms with Crippen LogP contribution in [0.15, 0.2) is 44.8 Å². The summed E-state index contributed by atoms with van der Waals surface area (Å²) in [6.07, 6.45) is 0. The van der Waals surface area contributed by atoms with E-state index in [1.54, 1.807) is 12.1 Å². The first-order valence-corrected chi connectivity index (χ1v) is 6.30. The molecule has 2 aromatic rings. The number of nitrogens with zero attached hydrogens (tertiary/aromatic N) is 2. The Labute approximate surface area is 106 Å². The summed E-state index contributed by atoms with van der Waals surface area (Å²) in [6, 6.07) is 10.2. The van der Waals surface area contributed by atoms with Crippen molar-refractivity contribution in [1.82, 2.24) is 0 Å². The molecule has 6 heteroatoms. The third-order valence-electron chi connectivity index (χ3n) is 1.99. The average molecular weight is 262 g/mol. The second-order valence-electron chi connectivity index (χ2n) is 3.09. The van der Waals surface area contributed by atoms with E-state index in [9.17, 15) is 10.1 Å². The van der Waals surface area contributed by atoms with E-state index in [-0.39, 0.29) is 5.69 Å². The quantitative estimate of drug-likeness (QED) is 0.625. The van der Waals surface area contributed by atoms with E-state index in [0.29, 0.717) is 10.5 Å². The van der Waals surface area contributed by atoms with E-state index in [1.807, 2.05) is 23.6 Å². The molecule has 0 aliphatic rings. The molecular formula is C11H6N2O2S2. The lowest BCUT2D eigenvalue weighted by molar-refractivity contribution is -0.387. The maximum atomic E-state index is 10.9. The molecule has 0 fully saturated rings. The summed E-state index contributed by atoms with van der Waals surface area (Å²) in [7, 11) is 0. The van der Waals surface area contributed by atoms with Gasteiger partial charge in [-0.3, -0.25) is 10.1 Å². The summed E-state index contributed by atoms with van der Waals surface area (Å²) >= 11 is 2.86. The van der Waals surface area contributed by atoms with Crippen molar-refractivity contribution in [2.75, 3.05) is 0 Å². The van der Waals surface area contributed by atoms with Gasteiger partial charge in [-0.15, -0.1) is 11.3 Å². The summed E-state index contributed by atoms with van der Waals surface area (Å²) in [6.45, 7) is 0. The Morgan fingerprint density at radius 1 is 1.41 bits per heavy atom. The van der Waals surface area contributed by atoms with Crippen molar-refractivity contribution in [3.8, 4) is 6.07 Å². The predicted octanol–water partition coefficient (Wildman–Crippen LogP) is 3.68. The molecular weight excluding hydrogens is 256 g/mol. The van der Waals surface area contributed by atoms with Crippen LogP contribution in [0.4, 0.5) is 5.69 Å². The van der Waals surface area contributed by atoms with Crippen molar-refractivity contribution in [3.05, 3.63) is 51.4 Å². The van der Waals surface area contributed by atoms with Gasteiger partial charge in [-0.1, -0.05) is 17.8 Å². The molecule has 0 aliphatic heterocycles. The second-order valence-corrected chi connectivity index (χ2v) is 5.38. The van der Waals surface area contributed by atoms with Crippen molar-refractivity contribution in [1.29, 1.82) is 5.26 Å². The molecule has 0 aliphatic carbocycles. The topological polar surface area (TPSA) is 66.9 Å². The van der Waals surface area contributed by atoms with Gasteiger partial charge < -0.3 is 0 Å². The van der Waals surface area contributed by atoms with Gasteiger partial charge in [-0.25, -0.2) is 0 Å². The van der Waals surface area contributed by atoms with Crippen molar-refractivity contribution in [2.24, 2.45) is 0 Å². The minimum Gasteiger partial charge on any atom is -0.258 e. The number of nitriles is 1. The van der Waals surface area contributed by atoms with Gasteiger partial charge in [0.15, 0.2) is 0 Å². The van der Waals surface area contributed by atoms with Crippen molar-refractivity contribution >= 4 is 28.8 Å². The highest BCUT2D eigenvalue weighted by Crippen LogP contribution is 2.37. The van der Waals surface area contributed by atoms with Crippen LogP contribution >= 0.6 is 23.1 Å². The van der Waals surface area contributed by atoms with Crippen LogP contribution in [-0.4, -0.2) is 4.92 Å². The number of benzene rings is 1. The molecule has 0 atom stereocenters. The predicted molar refractivity (Wildman–Crippen MR) is 66.3 cm³/mol. The van der Waals surface area contributed by atoms with Crippen molar-refractivity contribution in [2.45, 2.75) is 9.10 Å². The molecule has 0 saturated heterocycles. The molecule has 2 rings (SSSR count). The highest BCUT2D eigenvalue weighted by Gasteiger charge is 2.15. The molecule has 0 bridgehead atoms. The lowest BCUT2D eigenvalue weighted by Crippen LogP contribution is -1.91. The van der Waals surface area contributed by atoms with Gasteiger partial charge in [0.25, 0.3) is 5.69 Å². The van der Waals surface area contributed by atoms with E-state index in [4.69, 9.17) is 5.26 Å². The summed E-state index contributed by atoms with van der Waals surface area (Å²) < 4.78 is 0.984. The van der Waals surface area contributed by atoms with E-state index < -0.39 is 4.92 Å². The minimum atomic E-state index is -0.462. The number of rotatable bonds is 3. The highest BCUT2D eigenvalue weighted by atomic mass is 32.2. The van der Waals surface area contributed by atoms with Crippen molar-refractivity contribution < 1.29 is 4.92 Å². The highest BCUT2D eigenvalue weighted by molar-refractivity contribution is 8.01. The molecule has 1 aromatic carbocycles. The molecule has 84 valence electrons. The molecule has 0 unspecified atom stereocenters. The number of nitro benzene ring substituents is 1. The van der Waals surface area contributed by atoms with Gasteiger partial charge in [-0.05, 0) is 23.6 Å². The van der Waals surface area contributed by atoms with Gasteiger partial charge in [0.05, 0.1) is 25.7 Å². The molecule has 0 N–H and O–H groups in total. The summed E-state index contributed by atoms with van der Waals surface area (Å²) in [4.78, 5) is 11.0. The van der Waals surface area contributed by atoms with Gasteiger partial charge in [0.2, 0.25) is 0 Å². The zero-order valence-electron chi connectivity index (χ0n) is 8.49. The van der Waals surface area contributed by atoms with Crippen LogP contribution < -0.4 is 0 Å². The van der Waals surface area contributed by atoms with Crippen LogP contribution in [-0.2, 0) is 0 Å². The van der Waals surface area contributed by atoms with Crippen LogP contribution in [0.2, 0.25) is 0 Å². The fourth-order valence-corrected chi connectivity index (χ4v) is 3.06. The average Bonchev–Trinajstić information content (AvgIpc) is 2.82. The smallest absolute Gasteiger partial charge is 0.258 e. The normalized spacial score (nSPS) is 9.82. The fourth-order valence-electron chi connectivity index (χ4n) is 1.25. The first kappa shape index (κ1) is 11.6. The van der Waals surface area contributed by atoms with Crippen LogP contribution in [0.1, 0.15) is 5.56 Å². The molecule has 1 aromatic heterocycles. The van der Waals surface area contributed by atoms with Gasteiger partial charge >= 0.3 is 0 Å². The Balaban J connectivity index is 2.40. The zero-order chi connectivity index (χ0) is 12.3. The molecule has 1 heterocycles. The SMILES string of the molecule is N#Cc1ccc(Sc2cccs2)c([N+](=O)[O-])c1. The first-order chi connectivity index (χ1) is 8.20. The molecule has 0 amide bonds. The lowest BCUT2D eigenvalue weighted by Gasteiger charge is -2.00. The fraction of sp³-hybridized carbons (Fsp3) is 0. The Bertz CT molecular complexity index is 588. The monoisotopic (exact) mass is 262 g/mol. The van der Waals surface area contributed by atoms with Crippen LogP contribution in [0.25, 0.3) is 0 Å². The Morgan fingerprint density at radius 2 is 2.24 bits per heavy atom. The first-order valence-electron chi connectivity index (χ1n) is 4.60. The van der Waals surface area contributed by atoms with Gasteiger partial charge in [0.1, 0.15) is 0 Å². The molecule has 4 nitrogen and oxygen atoms in total. The Kier molecular flexibility index (Phi) is 3.42. The van der Waals surface area contributed by atoms with Crippen LogP contribution in [0, 0.1) is 21.4 Å². The van der Waals surface area contributed by atoms with Crippen LogP contribution in [0.5, 0.6) is 0 Å². The largest absolute Gasteiger partial charge is 0.284 e. The van der Waals surface area contributed by atoms with E-state index in [0.717, 1.165) is 4.21 Å². The number of nitro groups is 1. The summed E-state index contributed by atoms with van der Waals surface area (Å²) in [5.74, 6) is 0. The van der Waals surface area contributed by atoms with E-state index in [1.165, 1.54) is 29.2 Å². The van der Waals surface area contributed by atoms with Gasteiger partial charge in [0, 0.05) is 6.07 Å². The molecule has 17 heavy (non-hydrogen) atoms. The minimum absolute atomic E-state index is 0.0255. The van der Waals surface area contributed by atoms with Gasteiger partial charge in [-0.2, -0.15) is 5.26 Å². The summed E-state index contributed by atoms with van der Waals surface area (Å²) in [5, 5.41) is 21.5. The second kappa shape index (κ2) is 4.99. The lowest BCUT2D eigenvalue weighted by atomic mass is 10.2. The zero-order valence-corrected chi connectivity index (χ0v) is 10.1. The Hall–Kier alpha value is -1.84. The maximum absolute atomic E-state index is 10.9. The number of thiophene rings is 1. The molecule has 0 spiro atoms. The van der Waals surface area contributed by atoms with Crippen LogP contribution in [0.3, 0.4) is 0 Å². The summed E-state index contributed by atoms with van der Waals surface area (Å²) in [5.41, 5.74) is 0.273. The standard InChI is InChI=1S/C11H6N2O2S2/c12-7-8-3-4-10(9(6-8)13(14)15)17-11-2-1-5-16-11/h1-6H. The molecule has 0 radical (unpaired) electrons. The third kappa shape index (κ3) is 2.64. The Morgan fingerprint density at radius 3 is 2.82 bits per heavy atom. The third-order valence-corrected chi connectivity index (χ3v) is 4.09.